The number of anilines is 1. The zero-order chi connectivity index (χ0) is 15.0. The first-order chi connectivity index (χ1) is 10.1. The third-order valence-electron chi connectivity index (χ3n) is 3.59. The molecule has 1 aliphatic heterocycles. The van der Waals surface area contributed by atoms with Gasteiger partial charge in [-0.3, -0.25) is 9.69 Å². The predicted molar refractivity (Wildman–Crippen MR) is 82.0 cm³/mol. The highest BCUT2D eigenvalue weighted by atomic mass is 35.5. The van der Waals surface area contributed by atoms with Crippen molar-refractivity contribution in [3.63, 3.8) is 0 Å². The van der Waals surface area contributed by atoms with Gasteiger partial charge in [-0.1, -0.05) is 17.7 Å². The van der Waals surface area contributed by atoms with E-state index >= 15 is 0 Å². The molecule has 0 spiro atoms. The lowest BCUT2D eigenvalue weighted by Crippen LogP contribution is -2.40. The molecule has 1 N–H and O–H groups in total. The Morgan fingerprint density at radius 3 is 2.57 bits per heavy atom. The van der Waals surface area contributed by atoms with Crippen LogP contribution in [0.4, 0.5) is 5.69 Å². The maximum Gasteiger partial charge on any atom is 0.327 e. The molecule has 0 saturated carbocycles. The van der Waals surface area contributed by atoms with Crippen molar-refractivity contribution < 1.29 is 14.7 Å². The molecule has 21 heavy (non-hydrogen) atoms. The van der Waals surface area contributed by atoms with E-state index in [-0.39, 0.29) is 18.2 Å². The monoisotopic (exact) mass is 321 g/mol. The summed E-state index contributed by atoms with van der Waals surface area (Å²) >= 11 is 7.33. The molecule has 2 aromatic rings. The molecule has 4 nitrogen and oxygen atoms in total. The van der Waals surface area contributed by atoms with E-state index < -0.39 is 12.0 Å². The topological polar surface area (TPSA) is 57.6 Å². The van der Waals surface area contributed by atoms with Gasteiger partial charge < -0.3 is 5.11 Å². The maximum atomic E-state index is 12.3. The zero-order valence-corrected chi connectivity index (χ0v) is 12.5. The summed E-state index contributed by atoms with van der Waals surface area (Å²) in [5.41, 5.74) is 0.566. The van der Waals surface area contributed by atoms with E-state index in [1.807, 2.05) is 17.5 Å². The highest BCUT2D eigenvalue weighted by molar-refractivity contribution is 7.10. The van der Waals surface area contributed by atoms with Gasteiger partial charge in [-0.25, -0.2) is 4.79 Å². The van der Waals surface area contributed by atoms with Crippen molar-refractivity contribution in [1.82, 2.24) is 0 Å². The van der Waals surface area contributed by atoms with Crippen molar-refractivity contribution >= 4 is 40.5 Å². The van der Waals surface area contributed by atoms with Crippen molar-refractivity contribution in [2.45, 2.75) is 18.4 Å². The first-order valence-corrected chi connectivity index (χ1v) is 7.67. The molecule has 2 atom stereocenters. The van der Waals surface area contributed by atoms with Gasteiger partial charge in [0, 0.05) is 27.9 Å². The van der Waals surface area contributed by atoms with Crippen molar-refractivity contribution in [2.24, 2.45) is 0 Å². The number of thiophene rings is 1. The summed E-state index contributed by atoms with van der Waals surface area (Å²) in [4.78, 5) is 26.3. The number of carbonyl (C=O) groups excluding carboxylic acids is 1. The molecule has 0 unspecified atom stereocenters. The lowest BCUT2D eigenvalue weighted by atomic mass is 9.98. The normalized spacial score (nSPS) is 21.8. The van der Waals surface area contributed by atoms with Crippen LogP contribution in [0.2, 0.25) is 5.02 Å². The molecule has 1 aromatic heterocycles. The summed E-state index contributed by atoms with van der Waals surface area (Å²) in [6, 6.07) is 9.53. The second-order valence-electron chi connectivity index (χ2n) is 4.85. The van der Waals surface area contributed by atoms with Gasteiger partial charge in [0.2, 0.25) is 5.91 Å². The van der Waals surface area contributed by atoms with E-state index in [1.54, 1.807) is 24.3 Å². The number of benzene rings is 1. The fourth-order valence-electron chi connectivity index (χ4n) is 2.68. The second kappa shape index (κ2) is 5.50. The maximum absolute atomic E-state index is 12.3. The molecule has 0 bridgehead atoms. The summed E-state index contributed by atoms with van der Waals surface area (Å²) < 4.78 is 0. The van der Waals surface area contributed by atoms with Gasteiger partial charge in [-0.05, 0) is 35.7 Å². The fourth-order valence-corrected chi connectivity index (χ4v) is 3.66. The van der Waals surface area contributed by atoms with E-state index in [4.69, 9.17) is 11.6 Å². The van der Waals surface area contributed by atoms with Crippen molar-refractivity contribution in [3.05, 3.63) is 51.7 Å². The van der Waals surface area contributed by atoms with E-state index in [1.165, 1.54) is 16.2 Å². The number of carboxylic acids is 1. The molecular weight excluding hydrogens is 310 g/mol. The summed E-state index contributed by atoms with van der Waals surface area (Å²) in [6.07, 6.45) is 0.208. The average Bonchev–Trinajstić information content (AvgIpc) is 3.06. The smallest absolute Gasteiger partial charge is 0.327 e. The van der Waals surface area contributed by atoms with Crippen molar-refractivity contribution in [3.8, 4) is 0 Å². The molecule has 1 amide bonds. The van der Waals surface area contributed by atoms with Gasteiger partial charge in [-0.15, -0.1) is 11.3 Å². The highest BCUT2D eigenvalue weighted by Gasteiger charge is 2.46. The third-order valence-corrected chi connectivity index (χ3v) is 4.85. The van der Waals surface area contributed by atoms with Crippen molar-refractivity contribution in [1.29, 1.82) is 0 Å². The van der Waals surface area contributed by atoms with Crippen LogP contribution in [0.25, 0.3) is 0 Å². The van der Waals surface area contributed by atoms with Crippen LogP contribution < -0.4 is 4.90 Å². The van der Waals surface area contributed by atoms with Crippen LogP contribution >= 0.6 is 22.9 Å². The van der Waals surface area contributed by atoms with E-state index in [0.29, 0.717) is 10.7 Å². The van der Waals surface area contributed by atoms with E-state index in [2.05, 4.69) is 0 Å². The fraction of sp³-hybridized carbons (Fsp3) is 0.200. The quantitative estimate of drug-likeness (QED) is 0.943. The zero-order valence-electron chi connectivity index (χ0n) is 10.9. The molecule has 0 radical (unpaired) electrons. The standard InChI is InChI=1S/C15H12ClNO3S/c16-9-3-5-10(6-4-9)17-13(18)8-11(14(17)15(19)20)12-2-1-7-21-12/h1-7,11,14H,8H2,(H,19,20)/t11-,14+/m0/s1. The largest absolute Gasteiger partial charge is 0.480 e. The van der Waals surface area contributed by atoms with Crippen LogP contribution in [0.5, 0.6) is 0 Å². The predicted octanol–water partition coefficient (Wildman–Crippen LogP) is 3.38. The molecule has 6 heteroatoms. The van der Waals surface area contributed by atoms with Gasteiger partial charge >= 0.3 is 5.97 Å². The van der Waals surface area contributed by atoms with E-state index in [9.17, 15) is 14.7 Å². The highest BCUT2D eigenvalue weighted by Crippen LogP contribution is 2.39. The van der Waals surface area contributed by atoms with Crippen LogP contribution in [-0.4, -0.2) is 23.0 Å². The molecule has 1 saturated heterocycles. The first kappa shape index (κ1) is 14.1. The van der Waals surface area contributed by atoms with Gasteiger partial charge in [0.1, 0.15) is 6.04 Å². The Hall–Kier alpha value is -1.85. The summed E-state index contributed by atoms with van der Waals surface area (Å²) in [6.45, 7) is 0. The van der Waals surface area contributed by atoms with Gasteiger partial charge in [0.05, 0.1) is 0 Å². The number of rotatable bonds is 3. The van der Waals surface area contributed by atoms with Gasteiger partial charge in [-0.2, -0.15) is 0 Å². The summed E-state index contributed by atoms with van der Waals surface area (Å²) in [5.74, 6) is -1.48. The van der Waals surface area contributed by atoms with Gasteiger partial charge in [0.15, 0.2) is 0 Å². The number of hydrogen-bond donors (Lipinski definition) is 1. The lowest BCUT2D eigenvalue weighted by Gasteiger charge is -2.24. The molecule has 1 fully saturated rings. The van der Waals surface area contributed by atoms with Crippen molar-refractivity contribution in [2.75, 3.05) is 4.90 Å². The second-order valence-corrected chi connectivity index (χ2v) is 6.26. The van der Waals surface area contributed by atoms with Crippen LogP contribution in [0.3, 0.4) is 0 Å². The minimum atomic E-state index is -0.991. The molecule has 1 aromatic carbocycles. The molecule has 108 valence electrons. The number of hydrogen-bond acceptors (Lipinski definition) is 3. The Morgan fingerprint density at radius 2 is 2.00 bits per heavy atom. The number of carboxylic acid groups (broad SMARTS) is 1. The number of nitrogens with zero attached hydrogens (tertiary/aromatic N) is 1. The molecule has 0 aliphatic carbocycles. The Balaban J connectivity index is 2.01. The SMILES string of the molecule is O=C(O)[C@H]1[C@H](c2cccs2)CC(=O)N1c1ccc(Cl)cc1. The molecule has 2 heterocycles. The Labute approximate surface area is 130 Å². The first-order valence-electron chi connectivity index (χ1n) is 6.42. The number of amides is 1. The Kier molecular flexibility index (Phi) is 3.69. The summed E-state index contributed by atoms with van der Waals surface area (Å²) in [5, 5.41) is 12.0. The Morgan fingerprint density at radius 1 is 1.29 bits per heavy atom. The van der Waals surface area contributed by atoms with Crippen LogP contribution in [0.1, 0.15) is 17.2 Å². The Bertz CT molecular complexity index is 669. The minimum absolute atomic E-state index is 0.178. The lowest BCUT2D eigenvalue weighted by molar-refractivity contribution is -0.139. The van der Waals surface area contributed by atoms with Gasteiger partial charge in [0.25, 0.3) is 0 Å². The number of carbonyl (C=O) groups is 2. The molecule has 3 rings (SSSR count). The summed E-state index contributed by atoms with van der Waals surface area (Å²) in [7, 11) is 0. The van der Waals surface area contributed by atoms with Crippen LogP contribution in [0.15, 0.2) is 41.8 Å². The number of halogens is 1. The molecular formula is C15H12ClNO3S. The number of aliphatic carboxylic acids is 1. The van der Waals surface area contributed by atoms with Crippen LogP contribution in [0, 0.1) is 0 Å². The van der Waals surface area contributed by atoms with E-state index in [0.717, 1.165) is 4.88 Å². The molecule has 1 aliphatic rings. The minimum Gasteiger partial charge on any atom is -0.480 e. The van der Waals surface area contributed by atoms with Crippen LogP contribution in [-0.2, 0) is 9.59 Å². The third kappa shape index (κ3) is 2.54. The average molecular weight is 322 g/mol.